The van der Waals surface area contributed by atoms with Gasteiger partial charge in [0, 0.05) is 37.9 Å². The molecule has 0 amide bonds. The summed E-state index contributed by atoms with van der Waals surface area (Å²) in [7, 11) is -3.25. The molecule has 3 aromatic rings. The second-order valence-electron chi connectivity index (χ2n) is 7.00. The fourth-order valence-electron chi connectivity index (χ4n) is 4.22. The van der Waals surface area contributed by atoms with E-state index < -0.39 is 9.84 Å². The van der Waals surface area contributed by atoms with Gasteiger partial charge in [-0.2, -0.15) is 11.3 Å². The second kappa shape index (κ2) is 6.01. The van der Waals surface area contributed by atoms with Crippen molar-refractivity contribution in [1.29, 1.82) is 0 Å². The number of hydrogen-bond acceptors (Lipinski definition) is 5. The Labute approximate surface area is 157 Å². The van der Waals surface area contributed by atoms with Crippen LogP contribution in [0.3, 0.4) is 0 Å². The van der Waals surface area contributed by atoms with E-state index in [1.807, 2.05) is 18.2 Å². The Bertz CT molecular complexity index is 1050. The van der Waals surface area contributed by atoms with Gasteiger partial charge in [0.1, 0.15) is 0 Å². The van der Waals surface area contributed by atoms with Crippen molar-refractivity contribution in [3.63, 3.8) is 0 Å². The van der Waals surface area contributed by atoms with Crippen molar-refractivity contribution in [2.24, 2.45) is 0 Å². The molecule has 0 unspecified atom stereocenters. The lowest BCUT2D eigenvalue weighted by Crippen LogP contribution is -2.25. The van der Waals surface area contributed by atoms with Crippen LogP contribution >= 0.6 is 11.3 Å². The third-order valence-electron chi connectivity index (χ3n) is 5.46. The highest BCUT2D eigenvalue weighted by molar-refractivity contribution is 7.92. The summed E-state index contributed by atoms with van der Waals surface area (Å²) in [4.78, 5) is 6.87. The predicted molar refractivity (Wildman–Crippen MR) is 103 cm³/mol. The minimum atomic E-state index is -3.25. The van der Waals surface area contributed by atoms with Gasteiger partial charge in [-0.15, -0.1) is 0 Å². The lowest BCUT2D eigenvalue weighted by Gasteiger charge is -2.16. The zero-order chi connectivity index (χ0) is 17.7. The van der Waals surface area contributed by atoms with Gasteiger partial charge in [-0.25, -0.2) is 8.42 Å². The Morgan fingerprint density at radius 3 is 2.69 bits per heavy atom. The first-order chi connectivity index (χ1) is 12.6. The summed E-state index contributed by atoms with van der Waals surface area (Å²) in [5, 5.41) is 3.89. The van der Waals surface area contributed by atoms with Crippen LogP contribution in [0.1, 0.15) is 17.0 Å². The largest absolute Gasteiger partial charge is 0.297 e. The van der Waals surface area contributed by atoms with Gasteiger partial charge >= 0.3 is 0 Å². The van der Waals surface area contributed by atoms with E-state index in [0.717, 1.165) is 29.8 Å². The monoisotopic (exact) mass is 382 g/mol. The van der Waals surface area contributed by atoms with Gasteiger partial charge in [0.05, 0.1) is 10.1 Å². The standard InChI is InChI=1S/C20H18N2O2S2/c23-26(24)19-2-1-16(15-3-6-21-7-4-15)9-17(19)18-11-22(12-20(18)26)10-14-5-8-25-13-14/h1-9,13,18,20H,10-12H2/t18-,20+/m0/s1. The van der Waals surface area contributed by atoms with E-state index in [0.29, 0.717) is 11.4 Å². The number of likely N-dealkylation sites (tertiary alicyclic amines) is 1. The van der Waals surface area contributed by atoms with Gasteiger partial charge in [-0.1, -0.05) is 6.07 Å². The van der Waals surface area contributed by atoms with Crippen LogP contribution in [0.5, 0.6) is 0 Å². The topological polar surface area (TPSA) is 50.3 Å². The molecule has 0 N–H and O–H groups in total. The van der Waals surface area contributed by atoms with E-state index in [-0.39, 0.29) is 11.2 Å². The Hall–Kier alpha value is -2.02. The number of thiophene rings is 1. The van der Waals surface area contributed by atoms with E-state index in [4.69, 9.17) is 0 Å². The number of benzene rings is 1. The van der Waals surface area contributed by atoms with Gasteiger partial charge in [-0.3, -0.25) is 9.88 Å². The van der Waals surface area contributed by atoms with Crippen LogP contribution in [0.4, 0.5) is 0 Å². The zero-order valence-electron chi connectivity index (χ0n) is 14.1. The fraction of sp³-hybridized carbons (Fsp3) is 0.250. The molecule has 132 valence electrons. The third-order valence-corrected chi connectivity index (χ3v) is 8.45. The molecule has 2 atom stereocenters. The molecule has 5 rings (SSSR count). The van der Waals surface area contributed by atoms with Gasteiger partial charge < -0.3 is 0 Å². The van der Waals surface area contributed by atoms with Crippen LogP contribution in [0.25, 0.3) is 11.1 Å². The average molecular weight is 383 g/mol. The van der Waals surface area contributed by atoms with Gasteiger partial charge in [0.2, 0.25) is 0 Å². The second-order valence-corrected chi connectivity index (χ2v) is 9.92. The minimum Gasteiger partial charge on any atom is -0.297 e. The predicted octanol–water partition coefficient (Wildman–Crippen LogP) is 3.57. The molecule has 6 heteroatoms. The maximum absolute atomic E-state index is 13.0. The Balaban J connectivity index is 1.51. The molecule has 26 heavy (non-hydrogen) atoms. The average Bonchev–Trinajstić information content (AvgIpc) is 3.36. The molecule has 0 aliphatic carbocycles. The first kappa shape index (κ1) is 16.2. The SMILES string of the molecule is O=S1(=O)c2ccc(-c3ccncc3)cc2[C@@H]2CN(Cc3ccsc3)C[C@H]21. The molecule has 4 nitrogen and oxygen atoms in total. The van der Waals surface area contributed by atoms with Crippen molar-refractivity contribution < 1.29 is 8.42 Å². The number of aromatic nitrogens is 1. The van der Waals surface area contributed by atoms with Crippen LogP contribution in [0.2, 0.25) is 0 Å². The molecule has 2 aliphatic heterocycles. The molecule has 2 aliphatic rings. The highest BCUT2D eigenvalue weighted by Gasteiger charge is 2.50. The van der Waals surface area contributed by atoms with Gasteiger partial charge in [0.25, 0.3) is 0 Å². The minimum absolute atomic E-state index is 0.0652. The smallest absolute Gasteiger partial charge is 0.183 e. The molecule has 0 spiro atoms. The molecular formula is C20H18N2O2S2. The van der Waals surface area contributed by atoms with Crippen molar-refractivity contribution in [3.8, 4) is 11.1 Å². The Morgan fingerprint density at radius 1 is 1.08 bits per heavy atom. The van der Waals surface area contributed by atoms with E-state index in [2.05, 4.69) is 32.8 Å². The maximum Gasteiger partial charge on any atom is 0.183 e. The molecule has 4 heterocycles. The summed E-state index contributed by atoms with van der Waals surface area (Å²) in [6.45, 7) is 2.24. The highest BCUT2D eigenvalue weighted by Crippen LogP contribution is 2.46. The number of hydrogen-bond donors (Lipinski definition) is 0. The van der Waals surface area contributed by atoms with Crippen LogP contribution < -0.4 is 0 Å². The number of rotatable bonds is 3. The number of pyridine rings is 1. The normalized spacial score (nSPS) is 23.7. The molecule has 1 aromatic carbocycles. The first-order valence-electron chi connectivity index (χ1n) is 8.64. The Kier molecular flexibility index (Phi) is 3.74. The van der Waals surface area contributed by atoms with Crippen LogP contribution in [-0.4, -0.2) is 36.6 Å². The van der Waals surface area contributed by atoms with Crippen molar-refractivity contribution >= 4 is 21.2 Å². The van der Waals surface area contributed by atoms with E-state index in [1.165, 1.54) is 5.56 Å². The number of fused-ring (bicyclic) bond motifs is 3. The molecule has 1 saturated heterocycles. The summed E-state index contributed by atoms with van der Waals surface area (Å²) in [6, 6.07) is 11.8. The molecule has 0 radical (unpaired) electrons. The zero-order valence-corrected chi connectivity index (χ0v) is 15.7. The summed E-state index contributed by atoms with van der Waals surface area (Å²) in [5.74, 6) is 0.0652. The first-order valence-corrected chi connectivity index (χ1v) is 11.1. The van der Waals surface area contributed by atoms with Gasteiger partial charge in [0.15, 0.2) is 9.84 Å². The molecule has 0 bridgehead atoms. The van der Waals surface area contributed by atoms with Crippen molar-refractivity contribution in [1.82, 2.24) is 9.88 Å². The third kappa shape index (κ3) is 2.52. The number of nitrogens with zero attached hydrogens (tertiary/aromatic N) is 2. The van der Waals surface area contributed by atoms with E-state index in [9.17, 15) is 8.42 Å². The number of sulfone groups is 1. The van der Waals surface area contributed by atoms with E-state index in [1.54, 1.807) is 29.8 Å². The molecule has 0 saturated carbocycles. The van der Waals surface area contributed by atoms with Crippen molar-refractivity contribution in [3.05, 3.63) is 70.7 Å². The van der Waals surface area contributed by atoms with Gasteiger partial charge in [-0.05, 0) is 63.3 Å². The van der Waals surface area contributed by atoms with Crippen LogP contribution in [-0.2, 0) is 16.4 Å². The fourth-order valence-corrected chi connectivity index (χ4v) is 7.07. The van der Waals surface area contributed by atoms with Crippen LogP contribution in [0, 0.1) is 0 Å². The van der Waals surface area contributed by atoms with Crippen molar-refractivity contribution in [2.45, 2.75) is 22.6 Å². The molecule has 2 aromatic heterocycles. The highest BCUT2D eigenvalue weighted by atomic mass is 32.2. The van der Waals surface area contributed by atoms with Crippen LogP contribution in [0.15, 0.2) is 64.4 Å². The van der Waals surface area contributed by atoms with Crippen molar-refractivity contribution in [2.75, 3.05) is 13.1 Å². The summed E-state index contributed by atoms with van der Waals surface area (Å²) < 4.78 is 26.1. The molecule has 1 fully saturated rings. The summed E-state index contributed by atoms with van der Waals surface area (Å²) >= 11 is 1.68. The quantitative estimate of drug-likeness (QED) is 0.695. The maximum atomic E-state index is 13.0. The molecular weight excluding hydrogens is 364 g/mol. The lowest BCUT2D eigenvalue weighted by atomic mass is 9.95. The summed E-state index contributed by atoms with van der Waals surface area (Å²) in [6.07, 6.45) is 3.53. The summed E-state index contributed by atoms with van der Waals surface area (Å²) in [5.41, 5.74) is 4.37. The lowest BCUT2D eigenvalue weighted by molar-refractivity contribution is 0.326. The Morgan fingerprint density at radius 2 is 1.92 bits per heavy atom. The van der Waals surface area contributed by atoms with E-state index >= 15 is 0 Å².